The third-order valence-electron chi connectivity index (χ3n) is 6.53. The van der Waals surface area contributed by atoms with Gasteiger partial charge < -0.3 is 14.7 Å². The molecule has 0 N–H and O–H groups in total. The number of benzene rings is 3. The van der Waals surface area contributed by atoms with Crippen LogP contribution in [0.5, 0.6) is 0 Å². The van der Waals surface area contributed by atoms with E-state index in [1.165, 1.54) is 6.07 Å². The molecule has 7 heteroatoms. The Morgan fingerprint density at radius 2 is 1.56 bits per heavy atom. The van der Waals surface area contributed by atoms with Gasteiger partial charge in [0.05, 0.1) is 5.69 Å². The highest BCUT2D eigenvalue weighted by atomic mass is 19.1. The smallest absolute Gasteiger partial charge is 0.259 e. The highest BCUT2D eigenvalue weighted by molar-refractivity contribution is 5.99. The molecule has 1 aliphatic rings. The summed E-state index contributed by atoms with van der Waals surface area (Å²) in [6.45, 7) is 4.12. The number of piperazine rings is 1. The second-order valence-corrected chi connectivity index (χ2v) is 8.92. The lowest BCUT2D eigenvalue weighted by atomic mass is 10.1. The summed E-state index contributed by atoms with van der Waals surface area (Å²) in [7, 11) is 1.91. The number of aromatic nitrogens is 2. The average Bonchev–Trinajstić information content (AvgIpc) is 2.93. The highest BCUT2D eigenvalue weighted by Crippen LogP contribution is 2.29. The Bertz CT molecular complexity index is 1350. The zero-order valence-electron chi connectivity index (χ0n) is 20.4. The summed E-state index contributed by atoms with van der Waals surface area (Å²) < 4.78 is 14.3. The van der Waals surface area contributed by atoms with Gasteiger partial charge in [0.2, 0.25) is 0 Å². The highest BCUT2D eigenvalue weighted by Gasteiger charge is 2.27. The minimum absolute atomic E-state index is 0.128. The van der Waals surface area contributed by atoms with Gasteiger partial charge in [-0.2, -0.15) is 0 Å². The van der Waals surface area contributed by atoms with Crippen LogP contribution in [0.15, 0.2) is 85.1 Å². The van der Waals surface area contributed by atoms with E-state index in [0.29, 0.717) is 49.1 Å². The first-order valence-corrected chi connectivity index (χ1v) is 12.0. The van der Waals surface area contributed by atoms with Gasteiger partial charge in [-0.3, -0.25) is 4.79 Å². The minimum atomic E-state index is -0.246. The molecular weight excluding hydrogens is 453 g/mol. The van der Waals surface area contributed by atoms with Crippen LogP contribution >= 0.6 is 0 Å². The van der Waals surface area contributed by atoms with E-state index in [0.717, 1.165) is 16.8 Å². The number of carbonyl (C=O) groups is 1. The van der Waals surface area contributed by atoms with Crippen LogP contribution in [-0.2, 0) is 0 Å². The molecule has 182 valence electrons. The summed E-state index contributed by atoms with van der Waals surface area (Å²) in [6.07, 6.45) is 1.63. The van der Waals surface area contributed by atoms with Crippen LogP contribution in [0.1, 0.15) is 15.9 Å². The maximum atomic E-state index is 14.3. The van der Waals surface area contributed by atoms with E-state index < -0.39 is 0 Å². The van der Waals surface area contributed by atoms with Crippen molar-refractivity contribution < 1.29 is 9.18 Å². The molecule has 0 saturated carbocycles. The Balaban J connectivity index is 1.44. The Labute approximate surface area is 210 Å². The standard InChI is InChI=1S/C29H28FN5O/c1-21-12-14-23(15-13-21)33(2)28-24(20-31-27(32-28)22-8-4-3-5-9-22)29(36)35-18-16-34(17-19-35)26-11-7-6-10-25(26)30/h3-15,20H,16-19H2,1-2H3. The molecule has 0 atom stereocenters. The Kier molecular flexibility index (Phi) is 6.62. The molecule has 0 aliphatic carbocycles. The van der Waals surface area contributed by atoms with Crippen molar-refractivity contribution in [3.8, 4) is 11.4 Å². The lowest BCUT2D eigenvalue weighted by Gasteiger charge is -2.36. The zero-order chi connectivity index (χ0) is 25.1. The quantitative estimate of drug-likeness (QED) is 0.386. The molecule has 36 heavy (non-hydrogen) atoms. The van der Waals surface area contributed by atoms with Crippen molar-refractivity contribution in [1.29, 1.82) is 0 Å². The fraction of sp³-hybridized carbons (Fsp3) is 0.207. The fourth-order valence-electron chi connectivity index (χ4n) is 4.43. The maximum absolute atomic E-state index is 14.3. The van der Waals surface area contributed by atoms with Crippen LogP contribution in [0.25, 0.3) is 11.4 Å². The number of anilines is 3. The van der Waals surface area contributed by atoms with Gasteiger partial charge in [0, 0.05) is 50.7 Å². The van der Waals surface area contributed by atoms with Crippen LogP contribution in [0, 0.1) is 12.7 Å². The maximum Gasteiger partial charge on any atom is 0.259 e. The Morgan fingerprint density at radius 1 is 0.889 bits per heavy atom. The predicted octanol–water partition coefficient (Wildman–Crippen LogP) is 5.32. The number of aryl methyl sites for hydroxylation is 1. The second-order valence-electron chi connectivity index (χ2n) is 8.92. The van der Waals surface area contributed by atoms with E-state index in [1.807, 2.05) is 84.4 Å². The van der Waals surface area contributed by atoms with E-state index in [4.69, 9.17) is 4.98 Å². The van der Waals surface area contributed by atoms with Crippen LogP contribution in [0.2, 0.25) is 0 Å². The van der Waals surface area contributed by atoms with Crippen LogP contribution in [0.4, 0.5) is 21.6 Å². The van der Waals surface area contributed by atoms with Crippen LogP contribution < -0.4 is 9.80 Å². The van der Waals surface area contributed by atoms with Gasteiger partial charge in [-0.1, -0.05) is 60.2 Å². The molecular formula is C29H28FN5O. The third-order valence-corrected chi connectivity index (χ3v) is 6.53. The van der Waals surface area contributed by atoms with Crippen molar-refractivity contribution in [2.75, 3.05) is 43.0 Å². The van der Waals surface area contributed by atoms with Crippen molar-refractivity contribution in [3.63, 3.8) is 0 Å². The van der Waals surface area contributed by atoms with Gasteiger partial charge >= 0.3 is 0 Å². The van der Waals surface area contributed by atoms with Crippen molar-refractivity contribution in [2.45, 2.75) is 6.92 Å². The van der Waals surface area contributed by atoms with Crippen molar-refractivity contribution in [1.82, 2.24) is 14.9 Å². The molecule has 3 aromatic carbocycles. The summed E-state index contributed by atoms with van der Waals surface area (Å²) in [5, 5.41) is 0. The summed E-state index contributed by atoms with van der Waals surface area (Å²) in [4.78, 5) is 28.8. The molecule has 1 aliphatic heterocycles. The molecule has 1 amide bonds. The first kappa shape index (κ1) is 23.5. The molecule has 4 aromatic rings. The number of carbonyl (C=O) groups excluding carboxylic acids is 1. The second kappa shape index (κ2) is 10.2. The summed E-state index contributed by atoms with van der Waals surface area (Å²) >= 11 is 0. The molecule has 1 aromatic heterocycles. The summed E-state index contributed by atoms with van der Waals surface area (Å²) in [5.41, 5.74) is 3.98. The monoisotopic (exact) mass is 481 g/mol. The van der Waals surface area contributed by atoms with Gasteiger partial charge in [0.25, 0.3) is 5.91 Å². The van der Waals surface area contributed by atoms with Gasteiger partial charge in [-0.25, -0.2) is 14.4 Å². The summed E-state index contributed by atoms with van der Waals surface area (Å²) in [5.74, 6) is 0.737. The molecule has 5 rings (SSSR count). The van der Waals surface area contributed by atoms with E-state index in [2.05, 4.69) is 4.98 Å². The Hall–Kier alpha value is -4.26. The number of hydrogen-bond donors (Lipinski definition) is 0. The first-order valence-electron chi connectivity index (χ1n) is 12.0. The van der Waals surface area contributed by atoms with Crippen LogP contribution in [-0.4, -0.2) is 54.0 Å². The topological polar surface area (TPSA) is 52.6 Å². The molecule has 0 unspecified atom stereocenters. The molecule has 0 radical (unpaired) electrons. The van der Waals surface area contributed by atoms with Gasteiger partial charge in [0.1, 0.15) is 17.2 Å². The van der Waals surface area contributed by atoms with Gasteiger partial charge in [-0.15, -0.1) is 0 Å². The third kappa shape index (κ3) is 4.77. The van der Waals surface area contributed by atoms with E-state index in [-0.39, 0.29) is 11.7 Å². The molecule has 2 heterocycles. The molecule has 0 spiro atoms. The molecule has 1 fully saturated rings. The van der Waals surface area contributed by atoms with Crippen molar-refractivity contribution >= 4 is 23.1 Å². The molecule has 0 bridgehead atoms. The van der Waals surface area contributed by atoms with Gasteiger partial charge in [0.15, 0.2) is 5.82 Å². The Morgan fingerprint density at radius 3 is 2.25 bits per heavy atom. The first-order chi connectivity index (χ1) is 17.5. The zero-order valence-corrected chi connectivity index (χ0v) is 20.4. The lowest BCUT2D eigenvalue weighted by molar-refractivity contribution is 0.0746. The number of nitrogens with zero attached hydrogens (tertiary/aromatic N) is 5. The number of para-hydroxylation sites is 1. The van der Waals surface area contributed by atoms with E-state index in [1.54, 1.807) is 23.2 Å². The predicted molar refractivity (Wildman–Crippen MR) is 141 cm³/mol. The van der Waals surface area contributed by atoms with Crippen molar-refractivity contribution in [3.05, 3.63) is 102 Å². The minimum Gasteiger partial charge on any atom is -0.366 e. The van der Waals surface area contributed by atoms with E-state index >= 15 is 0 Å². The number of amides is 1. The van der Waals surface area contributed by atoms with E-state index in [9.17, 15) is 9.18 Å². The number of rotatable bonds is 5. The fourth-order valence-corrected chi connectivity index (χ4v) is 4.43. The lowest BCUT2D eigenvalue weighted by Crippen LogP contribution is -2.49. The van der Waals surface area contributed by atoms with Crippen LogP contribution in [0.3, 0.4) is 0 Å². The number of hydrogen-bond acceptors (Lipinski definition) is 5. The average molecular weight is 482 g/mol. The van der Waals surface area contributed by atoms with Crippen molar-refractivity contribution in [2.24, 2.45) is 0 Å². The molecule has 1 saturated heterocycles. The summed E-state index contributed by atoms with van der Waals surface area (Å²) in [6, 6.07) is 24.6. The molecule has 6 nitrogen and oxygen atoms in total. The van der Waals surface area contributed by atoms with Gasteiger partial charge in [-0.05, 0) is 31.2 Å². The SMILES string of the molecule is Cc1ccc(N(C)c2nc(-c3ccccc3)ncc2C(=O)N2CCN(c3ccccc3F)CC2)cc1. The largest absolute Gasteiger partial charge is 0.366 e. The number of halogens is 1. The normalized spacial score (nSPS) is 13.5.